The summed E-state index contributed by atoms with van der Waals surface area (Å²) in [6.45, 7) is 4.62. The highest BCUT2D eigenvalue weighted by Crippen LogP contribution is 2.40. The summed E-state index contributed by atoms with van der Waals surface area (Å²) in [7, 11) is 2.02. The average molecular weight is 335 g/mol. The van der Waals surface area contributed by atoms with Gasteiger partial charge in [-0.15, -0.1) is 0 Å². The summed E-state index contributed by atoms with van der Waals surface area (Å²) < 4.78 is 2.96. The van der Waals surface area contributed by atoms with Crippen LogP contribution in [-0.2, 0) is 6.42 Å². The highest BCUT2D eigenvalue weighted by Gasteiger charge is 2.34. The van der Waals surface area contributed by atoms with Crippen molar-refractivity contribution in [3.8, 4) is 5.82 Å². The summed E-state index contributed by atoms with van der Waals surface area (Å²) in [4.78, 5) is 4.46. The van der Waals surface area contributed by atoms with E-state index in [0.717, 1.165) is 23.1 Å². The Hall–Kier alpha value is -1.20. The highest BCUT2D eigenvalue weighted by molar-refractivity contribution is 9.10. The fraction of sp³-hybridized carbons (Fsp3) is 0.467. The first kappa shape index (κ1) is 13.8. The lowest BCUT2D eigenvalue weighted by molar-refractivity contribution is 0.260. The first-order valence-corrected chi connectivity index (χ1v) is 7.65. The van der Waals surface area contributed by atoms with Crippen LogP contribution in [0.1, 0.15) is 37.6 Å². The molecule has 1 atom stereocenters. The zero-order valence-corrected chi connectivity index (χ0v) is 13.6. The molecule has 3 rings (SSSR count). The van der Waals surface area contributed by atoms with Gasteiger partial charge < -0.3 is 5.32 Å². The van der Waals surface area contributed by atoms with E-state index in [1.807, 2.05) is 36.3 Å². The summed E-state index contributed by atoms with van der Waals surface area (Å²) in [5.74, 6) is 0.877. The quantitative estimate of drug-likeness (QED) is 0.916. The van der Waals surface area contributed by atoms with Crippen molar-refractivity contribution in [2.45, 2.75) is 32.7 Å². The van der Waals surface area contributed by atoms with Crippen LogP contribution in [0.15, 0.2) is 29.0 Å². The van der Waals surface area contributed by atoms with Gasteiger partial charge in [-0.3, -0.25) is 0 Å². The molecule has 20 heavy (non-hydrogen) atoms. The van der Waals surface area contributed by atoms with Crippen molar-refractivity contribution in [2.75, 3.05) is 7.05 Å². The fourth-order valence-corrected chi connectivity index (χ4v) is 3.23. The van der Waals surface area contributed by atoms with Crippen LogP contribution in [0.4, 0.5) is 0 Å². The van der Waals surface area contributed by atoms with Gasteiger partial charge in [-0.2, -0.15) is 5.10 Å². The lowest BCUT2D eigenvalue weighted by atomic mass is 9.74. The Morgan fingerprint density at radius 1 is 1.35 bits per heavy atom. The Morgan fingerprint density at radius 3 is 2.80 bits per heavy atom. The van der Waals surface area contributed by atoms with Crippen LogP contribution in [0.25, 0.3) is 5.82 Å². The SMILES string of the molecule is CNC1CC(C)(C)Cc2c1cnn2-c1ccc(Br)cn1. The van der Waals surface area contributed by atoms with Crippen molar-refractivity contribution in [3.05, 3.63) is 40.3 Å². The number of hydrogen-bond donors (Lipinski definition) is 1. The lowest BCUT2D eigenvalue weighted by Gasteiger charge is -2.35. The Morgan fingerprint density at radius 2 is 2.15 bits per heavy atom. The zero-order valence-electron chi connectivity index (χ0n) is 12.0. The van der Waals surface area contributed by atoms with Crippen molar-refractivity contribution in [3.63, 3.8) is 0 Å². The number of pyridine rings is 1. The van der Waals surface area contributed by atoms with Crippen molar-refractivity contribution >= 4 is 15.9 Å². The van der Waals surface area contributed by atoms with Crippen molar-refractivity contribution in [2.24, 2.45) is 5.41 Å². The number of aromatic nitrogens is 3. The van der Waals surface area contributed by atoms with Gasteiger partial charge in [-0.25, -0.2) is 9.67 Å². The molecular weight excluding hydrogens is 316 g/mol. The van der Waals surface area contributed by atoms with Crippen molar-refractivity contribution in [1.29, 1.82) is 0 Å². The summed E-state index contributed by atoms with van der Waals surface area (Å²) in [5, 5.41) is 7.97. The van der Waals surface area contributed by atoms with E-state index >= 15 is 0 Å². The van der Waals surface area contributed by atoms with Crippen LogP contribution >= 0.6 is 15.9 Å². The fourth-order valence-electron chi connectivity index (χ4n) is 2.99. The molecule has 1 aliphatic rings. The molecule has 0 spiro atoms. The Balaban J connectivity index is 2.08. The minimum Gasteiger partial charge on any atom is -0.313 e. The molecule has 106 valence electrons. The van der Waals surface area contributed by atoms with Gasteiger partial charge in [0.15, 0.2) is 5.82 Å². The molecule has 1 aliphatic carbocycles. The van der Waals surface area contributed by atoms with Crippen LogP contribution in [0.2, 0.25) is 0 Å². The topological polar surface area (TPSA) is 42.7 Å². The second-order valence-corrected chi connectivity index (χ2v) is 7.10. The minimum absolute atomic E-state index is 0.272. The first-order valence-electron chi connectivity index (χ1n) is 6.86. The third-order valence-corrected chi connectivity index (χ3v) is 4.43. The van der Waals surface area contributed by atoms with E-state index in [2.05, 4.69) is 45.2 Å². The van der Waals surface area contributed by atoms with E-state index in [1.165, 1.54) is 11.3 Å². The standard InChI is InChI=1S/C15H19BrN4/c1-15(2)6-12(17-3)11-9-19-20(13(11)7-15)14-5-4-10(16)8-18-14/h4-5,8-9,12,17H,6-7H2,1-3H3. The van der Waals surface area contributed by atoms with Crippen LogP contribution in [0.5, 0.6) is 0 Å². The molecule has 0 amide bonds. The van der Waals surface area contributed by atoms with Crippen LogP contribution in [0, 0.1) is 5.41 Å². The van der Waals surface area contributed by atoms with E-state index < -0.39 is 0 Å². The van der Waals surface area contributed by atoms with E-state index in [4.69, 9.17) is 0 Å². The van der Waals surface area contributed by atoms with Gasteiger partial charge >= 0.3 is 0 Å². The molecule has 0 aliphatic heterocycles. The second kappa shape index (κ2) is 4.97. The van der Waals surface area contributed by atoms with Gasteiger partial charge in [0.1, 0.15) is 0 Å². The first-order chi connectivity index (χ1) is 9.50. The van der Waals surface area contributed by atoms with Gasteiger partial charge in [0.25, 0.3) is 0 Å². The maximum atomic E-state index is 4.56. The van der Waals surface area contributed by atoms with Gasteiger partial charge in [0.2, 0.25) is 0 Å². The van der Waals surface area contributed by atoms with E-state index in [-0.39, 0.29) is 5.41 Å². The van der Waals surface area contributed by atoms with Crippen molar-refractivity contribution in [1.82, 2.24) is 20.1 Å². The predicted octanol–water partition coefficient (Wildman–Crippen LogP) is 3.26. The Bertz CT molecular complexity index is 615. The molecule has 1 N–H and O–H groups in total. The minimum atomic E-state index is 0.272. The molecule has 1 unspecified atom stereocenters. The van der Waals surface area contributed by atoms with E-state index in [1.54, 1.807) is 0 Å². The van der Waals surface area contributed by atoms with Gasteiger partial charge in [0, 0.05) is 22.3 Å². The maximum absolute atomic E-state index is 4.56. The Labute approximate surface area is 127 Å². The molecule has 2 aromatic rings. The smallest absolute Gasteiger partial charge is 0.153 e. The molecule has 0 aromatic carbocycles. The summed E-state index contributed by atoms with van der Waals surface area (Å²) in [5.41, 5.74) is 2.85. The maximum Gasteiger partial charge on any atom is 0.153 e. The van der Waals surface area contributed by atoms with Crippen LogP contribution in [0.3, 0.4) is 0 Å². The number of fused-ring (bicyclic) bond motifs is 1. The number of hydrogen-bond acceptors (Lipinski definition) is 3. The molecule has 0 fully saturated rings. The highest BCUT2D eigenvalue weighted by atomic mass is 79.9. The molecule has 2 heterocycles. The molecule has 0 saturated carbocycles. The van der Waals surface area contributed by atoms with Gasteiger partial charge in [-0.1, -0.05) is 13.8 Å². The molecular formula is C15H19BrN4. The van der Waals surface area contributed by atoms with E-state index in [9.17, 15) is 0 Å². The molecule has 4 nitrogen and oxygen atoms in total. The normalized spacial score (nSPS) is 20.7. The zero-order chi connectivity index (χ0) is 14.3. The van der Waals surface area contributed by atoms with Crippen LogP contribution in [-0.4, -0.2) is 21.8 Å². The lowest BCUT2D eigenvalue weighted by Crippen LogP contribution is -2.32. The second-order valence-electron chi connectivity index (χ2n) is 6.18. The summed E-state index contributed by atoms with van der Waals surface area (Å²) in [6.07, 6.45) is 5.95. The van der Waals surface area contributed by atoms with E-state index in [0.29, 0.717) is 6.04 Å². The molecule has 2 aromatic heterocycles. The molecule has 5 heteroatoms. The third kappa shape index (κ3) is 2.40. The Kier molecular flexibility index (Phi) is 3.42. The number of rotatable bonds is 2. The van der Waals surface area contributed by atoms with Gasteiger partial charge in [0.05, 0.1) is 11.9 Å². The largest absolute Gasteiger partial charge is 0.313 e. The molecule has 0 radical (unpaired) electrons. The number of nitrogens with zero attached hydrogens (tertiary/aromatic N) is 3. The summed E-state index contributed by atoms with van der Waals surface area (Å²) >= 11 is 3.42. The number of halogens is 1. The monoisotopic (exact) mass is 334 g/mol. The van der Waals surface area contributed by atoms with Gasteiger partial charge in [-0.05, 0) is 53.4 Å². The van der Waals surface area contributed by atoms with Crippen molar-refractivity contribution < 1.29 is 0 Å². The molecule has 0 bridgehead atoms. The average Bonchev–Trinajstić information content (AvgIpc) is 2.81. The predicted molar refractivity (Wildman–Crippen MR) is 83.0 cm³/mol. The van der Waals surface area contributed by atoms with Crippen LogP contribution < -0.4 is 5.32 Å². The third-order valence-electron chi connectivity index (χ3n) is 3.96. The number of nitrogens with one attached hydrogen (secondary N) is 1. The molecule has 0 saturated heterocycles. The summed E-state index contributed by atoms with van der Waals surface area (Å²) in [6, 6.07) is 4.37.